The minimum atomic E-state index is -4.47. The van der Waals surface area contributed by atoms with Crippen LogP contribution >= 0.6 is 11.8 Å². The Kier molecular flexibility index (Phi) is 3.57. The molecule has 1 aliphatic rings. The van der Waals surface area contributed by atoms with Gasteiger partial charge < -0.3 is 10.4 Å². The van der Waals surface area contributed by atoms with Crippen molar-refractivity contribution in [2.75, 3.05) is 5.75 Å². The van der Waals surface area contributed by atoms with E-state index in [1.54, 1.807) is 6.92 Å². The van der Waals surface area contributed by atoms with Gasteiger partial charge in [-0.1, -0.05) is 6.92 Å². The van der Waals surface area contributed by atoms with E-state index in [1.807, 2.05) is 0 Å². The molecule has 16 heavy (non-hydrogen) atoms. The summed E-state index contributed by atoms with van der Waals surface area (Å²) in [6, 6.07) is 0. The average Bonchev–Trinajstić information content (AvgIpc) is 2.17. The SMILES string of the molecule is CCSC1(C(=O)O)C=CC(C(F)(F)F)=CN1. The van der Waals surface area contributed by atoms with E-state index >= 15 is 0 Å². The minimum Gasteiger partial charge on any atom is -0.479 e. The van der Waals surface area contributed by atoms with Gasteiger partial charge in [0.2, 0.25) is 4.87 Å². The Balaban J connectivity index is 2.91. The molecule has 1 atom stereocenters. The molecule has 2 N–H and O–H groups in total. The van der Waals surface area contributed by atoms with Gasteiger partial charge in [-0.2, -0.15) is 13.2 Å². The highest BCUT2D eigenvalue weighted by molar-refractivity contribution is 8.01. The Labute approximate surface area is 94.4 Å². The van der Waals surface area contributed by atoms with E-state index in [-0.39, 0.29) is 0 Å². The molecular formula is C9H10F3NO2S. The van der Waals surface area contributed by atoms with Gasteiger partial charge in [-0.25, -0.2) is 4.79 Å². The predicted molar refractivity (Wildman–Crippen MR) is 54.9 cm³/mol. The van der Waals surface area contributed by atoms with Crippen molar-refractivity contribution >= 4 is 17.7 Å². The van der Waals surface area contributed by atoms with E-state index in [1.165, 1.54) is 0 Å². The maximum absolute atomic E-state index is 12.3. The molecule has 0 radical (unpaired) electrons. The molecular weight excluding hydrogens is 243 g/mol. The van der Waals surface area contributed by atoms with Crippen LogP contribution in [0, 0.1) is 0 Å². The second-order valence-electron chi connectivity index (χ2n) is 3.05. The zero-order valence-electron chi connectivity index (χ0n) is 8.34. The highest BCUT2D eigenvalue weighted by atomic mass is 32.2. The van der Waals surface area contributed by atoms with Crippen LogP contribution in [0.3, 0.4) is 0 Å². The first-order valence-corrected chi connectivity index (χ1v) is 5.42. The molecule has 0 saturated heterocycles. The molecule has 1 aliphatic heterocycles. The summed E-state index contributed by atoms with van der Waals surface area (Å²) in [5.41, 5.74) is -0.888. The molecule has 0 aliphatic carbocycles. The molecule has 1 unspecified atom stereocenters. The van der Waals surface area contributed by atoms with Crippen molar-refractivity contribution in [3.8, 4) is 0 Å². The summed E-state index contributed by atoms with van der Waals surface area (Å²) in [6.07, 6.45) is -1.97. The lowest BCUT2D eigenvalue weighted by Crippen LogP contribution is -2.47. The normalized spacial score (nSPS) is 24.9. The van der Waals surface area contributed by atoms with Crippen molar-refractivity contribution in [3.63, 3.8) is 0 Å². The van der Waals surface area contributed by atoms with Crippen molar-refractivity contribution in [2.45, 2.75) is 18.0 Å². The Hall–Kier alpha value is -1.11. The van der Waals surface area contributed by atoms with Gasteiger partial charge in [-0.3, -0.25) is 0 Å². The monoisotopic (exact) mass is 253 g/mol. The molecule has 0 aromatic carbocycles. The molecule has 1 heterocycles. The van der Waals surface area contributed by atoms with Crippen LogP contribution in [0.4, 0.5) is 13.2 Å². The van der Waals surface area contributed by atoms with Gasteiger partial charge >= 0.3 is 12.1 Å². The molecule has 3 nitrogen and oxygen atoms in total. The second kappa shape index (κ2) is 4.40. The molecule has 90 valence electrons. The summed E-state index contributed by atoms with van der Waals surface area (Å²) in [6.45, 7) is 1.73. The molecule has 7 heteroatoms. The van der Waals surface area contributed by atoms with Gasteiger partial charge in [0.15, 0.2) is 0 Å². The van der Waals surface area contributed by atoms with Crippen LogP contribution in [0.1, 0.15) is 6.92 Å². The number of thioether (sulfide) groups is 1. The number of allylic oxidation sites excluding steroid dienone is 2. The fourth-order valence-corrected chi connectivity index (χ4v) is 2.06. The third kappa shape index (κ3) is 2.52. The Morgan fingerprint density at radius 1 is 1.62 bits per heavy atom. The summed E-state index contributed by atoms with van der Waals surface area (Å²) in [5.74, 6) is -0.744. The minimum absolute atomic E-state index is 0.471. The number of hydrogen-bond acceptors (Lipinski definition) is 3. The van der Waals surface area contributed by atoms with Crippen LogP contribution in [-0.4, -0.2) is 27.9 Å². The zero-order valence-corrected chi connectivity index (χ0v) is 9.15. The van der Waals surface area contributed by atoms with Crippen molar-refractivity contribution < 1.29 is 23.1 Å². The number of rotatable bonds is 3. The summed E-state index contributed by atoms with van der Waals surface area (Å²) >= 11 is 1.01. The molecule has 0 spiro atoms. The van der Waals surface area contributed by atoms with E-state index in [4.69, 9.17) is 5.11 Å². The van der Waals surface area contributed by atoms with Crippen molar-refractivity contribution in [1.82, 2.24) is 5.32 Å². The standard InChI is InChI=1S/C9H10F3NO2S/c1-2-16-8(7(14)15)4-3-6(5-13-8)9(10,11)12/h3-5,13H,2H2,1H3,(H,14,15). The van der Waals surface area contributed by atoms with Crippen LogP contribution in [0.5, 0.6) is 0 Å². The third-order valence-electron chi connectivity index (χ3n) is 1.96. The lowest BCUT2D eigenvalue weighted by molar-refractivity contribution is -0.139. The smallest absolute Gasteiger partial charge is 0.417 e. The number of halogens is 3. The molecule has 0 bridgehead atoms. The van der Waals surface area contributed by atoms with E-state index < -0.39 is 22.6 Å². The van der Waals surface area contributed by atoms with Crippen LogP contribution in [0.25, 0.3) is 0 Å². The third-order valence-corrected chi connectivity index (χ3v) is 3.13. The number of hydrogen-bond donors (Lipinski definition) is 2. The van der Waals surface area contributed by atoms with Crippen molar-refractivity contribution in [3.05, 3.63) is 23.9 Å². The zero-order chi connectivity index (χ0) is 12.4. The Morgan fingerprint density at radius 3 is 2.56 bits per heavy atom. The number of nitrogens with one attached hydrogen (secondary N) is 1. The fraction of sp³-hybridized carbons (Fsp3) is 0.444. The maximum Gasteiger partial charge on any atom is 0.417 e. The first-order chi connectivity index (χ1) is 7.32. The lowest BCUT2D eigenvalue weighted by atomic mass is 10.1. The highest BCUT2D eigenvalue weighted by Gasteiger charge is 2.41. The van der Waals surface area contributed by atoms with E-state index in [0.29, 0.717) is 12.0 Å². The van der Waals surface area contributed by atoms with E-state index in [0.717, 1.165) is 23.9 Å². The fourth-order valence-electron chi connectivity index (χ4n) is 1.18. The molecule has 0 fully saturated rings. The molecule has 0 amide bonds. The average molecular weight is 253 g/mol. The van der Waals surface area contributed by atoms with Gasteiger partial charge in [-0.15, -0.1) is 11.8 Å². The summed E-state index contributed by atoms with van der Waals surface area (Å²) in [4.78, 5) is 9.48. The van der Waals surface area contributed by atoms with Gasteiger partial charge in [0.05, 0.1) is 5.57 Å². The van der Waals surface area contributed by atoms with Gasteiger partial charge in [0.25, 0.3) is 0 Å². The van der Waals surface area contributed by atoms with Crippen LogP contribution < -0.4 is 5.32 Å². The van der Waals surface area contributed by atoms with Crippen molar-refractivity contribution in [1.29, 1.82) is 0 Å². The molecule has 1 rings (SSSR count). The highest BCUT2D eigenvalue weighted by Crippen LogP contribution is 2.33. The van der Waals surface area contributed by atoms with E-state index in [9.17, 15) is 18.0 Å². The largest absolute Gasteiger partial charge is 0.479 e. The number of carbonyl (C=O) groups is 1. The number of dihydropyridines is 1. The quantitative estimate of drug-likeness (QED) is 0.809. The van der Waals surface area contributed by atoms with E-state index in [2.05, 4.69) is 5.32 Å². The second-order valence-corrected chi connectivity index (χ2v) is 4.56. The number of aliphatic carboxylic acids is 1. The first kappa shape index (κ1) is 13.0. The lowest BCUT2D eigenvalue weighted by Gasteiger charge is -2.29. The summed E-state index contributed by atoms with van der Waals surface area (Å²) in [7, 11) is 0. The predicted octanol–water partition coefficient (Wildman–Crippen LogP) is 2.13. The molecule has 0 aromatic rings. The molecule has 0 saturated carbocycles. The van der Waals surface area contributed by atoms with Crippen LogP contribution in [0.2, 0.25) is 0 Å². The number of alkyl halides is 3. The Morgan fingerprint density at radius 2 is 2.25 bits per heavy atom. The number of carboxylic acids is 1. The first-order valence-electron chi connectivity index (χ1n) is 4.43. The topological polar surface area (TPSA) is 49.3 Å². The summed E-state index contributed by atoms with van der Waals surface area (Å²) in [5, 5.41) is 11.2. The van der Waals surface area contributed by atoms with Gasteiger partial charge in [0.1, 0.15) is 0 Å². The summed E-state index contributed by atoms with van der Waals surface area (Å²) < 4.78 is 36.8. The number of carboxylic acid groups (broad SMARTS) is 1. The van der Waals surface area contributed by atoms with Gasteiger partial charge in [-0.05, 0) is 17.9 Å². The van der Waals surface area contributed by atoms with Crippen LogP contribution in [0.15, 0.2) is 23.9 Å². The Bertz CT molecular complexity index is 351. The molecule has 0 aromatic heterocycles. The van der Waals surface area contributed by atoms with Crippen LogP contribution in [-0.2, 0) is 4.79 Å². The maximum atomic E-state index is 12.3. The van der Waals surface area contributed by atoms with Crippen molar-refractivity contribution in [2.24, 2.45) is 0 Å². The van der Waals surface area contributed by atoms with Gasteiger partial charge in [0, 0.05) is 6.20 Å².